The van der Waals surface area contributed by atoms with Gasteiger partial charge in [-0.3, -0.25) is 14.5 Å². The number of thiophene rings is 1. The molecule has 0 atom stereocenters. The number of aromatic nitrogens is 1. The predicted octanol–water partition coefficient (Wildman–Crippen LogP) is 11.5. The molecular weight excluding hydrogens is 687 g/mol. The van der Waals surface area contributed by atoms with Crippen LogP contribution in [-0.2, 0) is 0 Å². The Morgan fingerprint density at radius 3 is 2.15 bits per heavy atom. The molecule has 1 aliphatic heterocycles. The van der Waals surface area contributed by atoms with E-state index in [0.29, 0.717) is 24.3 Å². The fourth-order valence-electron chi connectivity index (χ4n) is 6.80. The van der Waals surface area contributed by atoms with Gasteiger partial charge < -0.3 is 9.64 Å². The minimum atomic E-state index is -0.304. The number of allylic oxidation sites excluding steroid dienone is 10. The second-order valence-electron chi connectivity index (χ2n) is 13.9. The summed E-state index contributed by atoms with van der Waals surface area (Å²) in [4.78, 5) is 31.1. The zero-order valence-corrected chi connectivity index (χ0v) is 33.1. The van der Waals surface area contributed by atoms with Gasteiger partial charge in [-0.15, -0.1) is 11.3 Å². The second kappa shape index (κ2) is 23.4. The van der Waals surface area contributed by atoms with E-state index in [9.17, 15) is 9.59 Å². The van der Waals surface area contributed by atoms with Gasteiger partial charge in [0.2, 0.25) is 5.91 Å². The van der Waals surface area contributed by atoms with Crippen molar-refractivity contribution in [3.63, 3.8) is 0 Å². The van der Waals surface area contributed by atoms with Crippen LogP contribution in [0.1, 0.15) is 88.8 Å². The Morgan fingerprint density at radius 1 is 0.741 bits per heavy atom. The highest BCUT2D eigenvalue weighted by atomic mass is 32.1. The summed E-state index contributed by atoms with van der Waals surface area (Å²) in [6, 6.07) is 17.8. The third kappa shape index (κ3) is 13.1. The zero-order chi connectivity index (χ0) is 37.6. The third-order valence-corrected chi connectivity index (χ3v) is 10.7. The SMILES string of the molecule is CCCCCC=CCC=CCC=CCC=CCC=CCCC(=O)n1c(=O)ccc2ccc(OCCCCN3CCN(c4cccc5sccc45)CC3)cc21. The number of carbonyl (C=O) groups excluding carboxylic acids is 1. The Morgan fingerprint density at radius 2 is 1.43 bits per heavy atom. The number of pyridine rings is 1. The van der Waals surface area contributed by atoms with E-state index in [-0.39, 0.29) is 17.9 Å². The molecule has 0 saturated carbocycles. The number of nitrogens with zero attached hydrogens (tertiary/aromatic N) is 3. The van der Waals surface area contributed by atoms with Gasteiger partial charge in [-0.25, -0.2) is 4.57 Å². The second-order valence-corrected chi connectivity index (χ2v) is 14.9. The van der Waals surface area contributed by atoms with Gasteiger partial charge in [0.1, 0.15) is 5.75 Å². The standard InChI is InChI=1S/C47H59N3O3S/c1-2-3-4-5-6-7-8-9-10-11-12-13-14-15-16-17-18-19-20-26-46(51)50-44-39-41(29-27-40(44)28-30-47(50)52)53-37-22-21-32-48-33-35-49(36-34-48)43-24-23-25-45-42(43)31-38-54-45/h6-7,9-10,12-13,15-16,18-19,23-25,27-31,38-39H,2-5,8,11,14,17,20-22,26,32-37H2,1H3. The van der Waals surface area contributed by atoms with Crippen molar-refractivity contribution < 1.29 is 9.53 Å². The van der Waals surface area contributed by atoms with Gasteiger partial charge in [0.05, 0.1) is 12.1 Å². The highest BCUT2D eigenvalue weighted by molar-refractivity contribution is 7.17. The molecule has 0 amide bonds. The van der Waals surface area contributed by atoms with Crippen molar-refractivity contribution in [3.05, 3.63) is 131 Å². The van der Waals surface area contributed by atoms with Gasteiger partial charge in [-0.2, -0.15) is 0 Å². The van der Waals surface area contributed by atoms with E-state index < -0.39 is 0 Å². The first-order valence-electron chi connectivity index (χ1n) is 20.1. The van der Waals surface area contributed by atoms with E-state index in [1.807, 2.05) is 24.3 Å². The predicted molar refractivity (Wildman–Crippen MR) is 232 cm³/mol. The zero-order valence-electron chi connectivity index (χ0n) is 32.2. The van der Waals surface area contributed by atoms with Crippen LogP contribution in [0.2, 0.25) is 0 Å². The molecule has 0 N–H and O–H groups in total. The normalized spacial score (nSPS) is 14.4. The molecule has 4 aromatic rings. The van der Waals surface area contributed by atoms with Crippen molar-refractivity contribution in [1.82, 2.24) is 9.47 Å². The van der Waals surface area contributed by atoms with Crippen molar-refractivity contribution in [2.24, 2.45) is 0 Å². The van der Waals surface area contributed by atoms with Crippen LogP contribution in [0.4, 0.5) is 5.69 Å². The summed E-state index contributed by atoms with van der Waals surface area (Å²) in [5.41, 5.74) is 1.66. The van der Waals surface area contributed by atoms with E-state index in [1.54, 1.807) is 17.4 Å². The van der Waals surface area contributed by atoms with Crippen molar-refractivity contribution in [3.8, 4) is 5.75 Å². The van der Waals surface area contributed by atoms with E-state index in [0.717, 1.165) is 76.6 Å². The largest absolute Gasteiger partial charge is 0.494 e. The summed E-state index contributed by atoms with van der Waals surface area (Å²) in [5, 5.41) is 4.39. The third-order valence-electron chi connectivity index (χ3n) is 9.86. The summed E-state index contributed by atoms with van der Waals surface area (Å²) in [6.07, 6.45) is 33.5. The van der Waals surface area contributed by atoms with Gasteiger partial charge in [0.15, 0.2) is 0 Å². The number of anilines is 1. The molecule has 5 rings (SSSR count). The van der Waals surface area contributed by atoms with Gasteiger partial charge >= 0.3 is 0 Å². The van der Waals surface area contributed by atoms with Crippen LogP contribution in [0.3, 0.4) is 0 Å². The van der Waals surface area contributed by atoms with E-state index >= 15 is 0 Å². The average molecular weight is 746 g/mol. The highest BCUT2D eigenvalue weighted by Gasteiger charge is 2.18. The number of rotatable bonds is 22. The number of carbonyl (C=O) groups is 1. The van der Waals surface area contributed by atoms with Crippen LogP contribution in [0.25, 0.3) is 21.0 Å². The van der Waals surface area contributed by atoms with Crippen LogP contribution in [-0.4, -0.2) is 54.7 Å². The molecule has 2 aromatic heterocycles. The molecule has 0 unspecified atom stereocenters. The monoisotopic (exact) mass is 745 g/mol. The lowest BCUT2D eigenvalue weighted by atomic mass is 10.1. The summed E-state index contributed by atoms with van der Waals surface area (Å²) in [5.74, 6) is 0.488. The first-order chi connectivity index (χ1) is 26.6. The minimum Gasteiger partial charge on any atom is -0.494 e. The number of hydrogen-bond acceptors (Lipinski definition) is 6. The van der Waals surface area contributed by atoms with Crippen LogP contribution in [0, 0.1) is 0 Å². The maximum absolute atomic E-state index is 13.2. The van der Waals surface area contributed by atoms with Crippen LogP contribution < -0.4 is 15.2 Å². The van der Waals surface area contributed by atoms with Crippen LogP contribution in [0.5, 0.6) is 5.75 Å². The first kappa shape index (κ1) is 40.7. The molecule has 0 radical (unpaired) electrons. The van der Waals surface area contributed by atoms with Gasteiger partial charge in [0, 0.05) is 60.5 Å². The number of unbranched alkanes of at least 4 members (excludes halogenated alkanes) is 4. The molecule has 7 heteroatoms. The fraction of sp³-hybridized carbons (Fsp3) is 0.404. The number of hydrogen-bond donors (Lipinski definition) is 0. The quantitative estimate of drug-likeness (QED) is 0.0592. The number of benzene rings is 2. The lowest BCUT2D eigenvalue weighted by Gasteiger charge is -2.36. The molecule has 2 aromatic carbocycles. The fourth-order valence-corrected chi connectivity index (χ4v) is 7.61. The summed E-state index contributed by atoms with van der Waals surface area (Å²) < 4.78 is 8.77. The summed E-state index contributed by atoms with van der Waals surface area (Å²) >= 11 is 1.81. The molecule has 6 nitrogen and oxygen atoms in total. The van der Waals surface area contributed by atoms with Crippen molar-refractivity contribution in [1.29, 1.82) is 0 Å². The smallest absolute Gasteiger partial charge is 0.257 e. The average Bonchev–Trinajstić information content (AvgIpc) is 3.68. The van der Waals surface area contributed by atoms with Crippen LogP contribution >= 0.6 is 11.3 Å². The lowest BCUT2D eigenvalue weighted by molar-refractivity contribution is 0.0905. The van der Waals surface area contributed by atoms with Gasteiger partial charge in [0.25, 0.3) is 5.56 Å². The minimum absolute atomic E-state index is 0.197. The Labute approximate surface area is 326 Å². The van der Waals surface area contributed by atoms with E-state index in [1.165, 1.54) is 52.1 Å². The first-order valence-corrected chi connectivity index (χ1v) is 21.0. The number of ether oxygens (including phenoxy) is 1. The van der Waals surface area contributed by atoms with Crippen molar-refractivity contribution >= 4 is 43.9 Å². The Balaban J connectivity index is 0.965. The van der Waals surface area contributed by atoms with Gasteiger partial charge in [-0.1, -0.05) is 86.6 Å². The van der Waals surface area contributed by atoms with E-state index in [2.05, 4.69) is 101 Å². The Hall–Kier alpha value is -4.46. The highest BCUT2D eigenvalue weighted by Crippen LogP contribution is 2.31. The van der Waals surface area contributed by atoms with E-state index in [4.69, 9.17) is 4.74 Å². The number of piperazine rings is 1. The molecule has 54 heavy (non-hydrogen) atoms. The molecular formula is C47H59N3O3S. The molecule has 0 aliphatic carbocycles. The molecule has 0 spiro atoms. The Kier molecular flexibility index (Phi) is 17.6. The summed E-state index contributed by atoms with van der Waals surface area (Å²) in [7, 11) is 0. The number of fused-ring (bicyclic) bond motifs is 2. The van der Waals surface area contributed by atoms with Crippen molar-refractivity contribution in [2.45, 2.75) is 84.0 Å². The maximum Gasteiger partial charge on any atom is 0.257 e. The Bertz CT molecular complexity index is 1940. The molecule has 1 aliphatic rings. The summed E-state index contributed by atoms with van der Waals surface area (Å²) in [6.45, 7) is 8.13. The molecule has 286 valence electrons. The van der Waals surface area contributed by atoms with Gasteiger partial charge in [-0.05, 0) is 111 Å². The molecule has 1 fully saturated rings. The van der Waals surface area contributed by atoms with Crippen LogP contribution in [0.15, 0.2) is 126 Å². The van der Waals surface area contributed by atoms with Crippen molar-refractivity contribution in [2.75, 3.05) is 44.2 Å². The lowest BCUT2D eigenvalue weighted by Crippen LogP contribution is -2.46. The topological polar surface area (TPSA) is 54.8 Å². The molecule has 3 heterocycles. The molecule has 0 bridgehead atoms. The molecule has 1 saturated heterocycles. The maximum atomic E-state index is 13.2.